The average molecular weight is 388 g/mol. The molecule has 0 unspecified atom stereocenters. The van der Waals surface area contributed by atoms with Gasteiger partial charge in [-0.15, -0.1) is 5.10 Å². The molecule has 0 bridgehead atoms. The second-order valence-corrected chi connectivity index (χ2v) is 7.69. The molecule has 0 spiro atoms. The Hall–Kier alpha value is -3.15. The third-order valence-electron chi connectivity index (χ3n) is 5.85. The van der Waals surface area contributed by atoms with E-state index < -0.39 is 0 Å². The zero-order valence-corrected chi connectivity index (χ0v) is 16.4. The van der Waals surface area contributed by atoms with Crippen LogP contribution in [0.4, 0.5) is 5.82 Å². The lowest BCUT2D eigenvalue weighted by molar-refractivity contribution is -0.133. The zero-order valence-electron chi connectivity index (χ0n) is 16.4. The van der Waals surface area contributed by atoms with Crippen molar-refractivity contribution in [3.05, 3.63) is 59.8 Å². The summed E-state index contributed by atoms with van der Waals surface area (Å²) in [4.78, 5) is 16.7. The highest BCUT2D eigenvalue weighted by Crippen LogP contribution is 2.24. The Morgan fingerprint density at radius 2 is 1.76 bits per heavy atom. The molecule has 2 aliphatic rings. The van der Waals surface area contributed by atoms with Crippen molar-refractivity contribution in [2.24, 2.45) is 0 Å². The van der Waals surface area contributed by atoms with Crippen molar-refractivity contribution >= 4 is 22.5 Å². The second-order valence-electron chi connectivity index (χ2n) is 7.69. The lowest BCUT2D eigenvalue weighted by atomic mass is 10.1. The van der Waals surface area contributed by atoms with Gasteiger partial charge in [0.25, 0.3) is 5.91 Å². The maximum Gasteiger partial charge on any atom is 0.260 e. The molecule has 0 saturated carbocycles. The minimum absolute atomic E-state index is 0.0258. The van der Waals surface area contributed by atoms with Crippen molar-refractivity contribution in [2.45, 2.75) is 19.3 Å². The standard InChI is InChI=1S/C23H24N4O2/c28-23(16-29-20-9-8-17-4-1-2-5-18(17)14-20)27-12-10-26(11-13-27)22-15-19-6-3-7-21(19)24-25-22/h1-2,4-5,8-9,14-15H,3,6-7,10-13,16H2. The van der Waals surface area contributed by atoms with Gasteiger partial charge in [-0.25, -0.2) is 0 Å². The summed E-state index contributed by atoms with van der Waals surface area (Å²) in [5.41, 5.74) is 2.48. The lowest BCUT2D eigenvalue weighted by Gasteiger charge is -2.35. The van der Waals surface area contributed by atoms with E-state index in [1.807, 2.05) is 41.3 Å². The highest BCUT2D eigenvalue weighted by atomic mass is 16.5. The number of carbonyl (C=O) groups excluding carboxylic acids is 1. The molecule has 1 aliphatic heterocycles. The van der Waals surface area contributed by atoms with Crippen LogP contribution >= 0.6 is 0 Å². The van der Waals surface area contributed by atoms with E-state index in [4.69, 9.17) is 4.74 Å². The summed E-state index contributed by atoms with van der Waals surface area (Å²) in [6.45, 7) is 2.97. The maximum atomic E-state index is 12.6. The van der Waals surface area contributed by atoms with Crippen LogP contribution in [0.2, 0.25) is 0 Å². The highest BCUT2D eigenvalue weighted by Gasteiger charge is 2.23. The maximum absolute atomic E-state index is 12.6. The minimum atomic E-state index is 0.0258. The first kappa shape index (κ1) is 17.9. The Bertz CT molecular complexity index is 1040. The Labute approximate surface area is 170 Å². The van der Waals surface area contributed by atoms with Crippen molar-refractivity contribution < 1.29 is 9.53 Å². The minimum Gasteiger partial charge on any atom is -0.484 e. The number of benzene rings is 2. The van der Waals surface area contributed by atoms with Gasteiger partial charge in [0, 0.05) is 26.2 Å². The third kappa shape index (κ3) is 3.75. The van der Waals surface area contributed by atoms with Crippen LogP contribution in [-0.4, -0.2) is 53.8 Å². The Morgan fingerprint density at radius 3 is 2.62 bits per heavy atom. The van der Waals surface area contributed by atoms with Gasteiger partial charge in [-0.05, 0) is 53.8 Å². The van der Waals surface area contributed by atoms with Crippen LogP contribution in [0.1, 0.15) is 17.7 Å². The molecule has 0 radical (unpaired) electrons. The van der Waals surface area contributed by atoms with Crippen molar-refractivity contribution in [3.63, 3.8) is 0 Å². The van der Waals surface area contributed by atoms with E-state index in [2.05, 4.69) is 27.2 Å². The van der Waals surface area contributed by atoms with Crippen LogP contribution < -0.4 is 9.64 Å². The van der Waals surface area contributed by atoms with Crippen LogP contribution in [0.3, 0.4) is 0 Å². The number of hydrogen-bond acceptors (Lipinski definition) is 5. The van der Waals surface area contributed by atoms with E-state index in [1.54, 1.807) is 0 Å². The molecular formula is C23H24N4O2. The first-order chi connectivity index (χ1) is 14.3. The monoisotopic (exact) mass is 388 g/mol. The van der Waals surface area contributed by atoms with E-state index >= 15 is 0 Å². The Balaban J connectivity index is 1.16. The van der Waals surface area contributed by atoms with Crippen LogP contribution in [0, 0.1) is 0 Å². The van der Waals surface area contributed by atoms with Crippen LogP contribution in [0.15, 0.2) is 48.5 Å². The molecule has 1 fully saturated rings. The molecule has 6 nitrogen and oxygen atoms in total. The number of anilines is 1. The molecule has 0 atom stereocenters. The molecule has 0 N–H and O–H groups in total. The van der Waals surface area contributed by atoms with Crippen molar-refractivity contribution in [1.29, 1.82) is 0 Å². The van der Waals surface area contributed by atoms with E-state index in [9.17, 15) is 4.79 Å². The molecule has 2 heterocycles. The van der Waals surface area contributed by atoms with Gasteiger partial charge in [0.2, 0.25) is 0 Å². The van der Waals surface area contributed by atoms with Crippen LogP contribution in [0.5, 0.6) is 5.75 Å². The number of ether oxygens (including phenoxy) is 1. The first-order valence-corrected chi connectivity index (χ1v) is 10.3. The van der Waals surface area contributed by atoms with Gasteiger partial charge >= 0.3 is 0 Å². The molecule has 3 aromatic rings. The number of carbonyl (C=O) groups is 1. The summed E-state index contributed by atoms with van der Waals surface area (Å²) in [5, 5.41) is 11.0. The van der Waals surface area contributed by atoms with E-state index in [0.29, 0.717) is 13.1 Å². The molecule has 1 amide bonds. The zero-order chi connectivity index (χ0) is 19.6. The first-order valence-electron chi connectivity index (χ1n) is 10.3. The van der Waals surface area contributed by atoms with Crippen molar-refractivity contribution in [2.75, 3.05) is 37.7 Å². The summed E-state index contributed by atoms with van der Waals surface area (Å²) in [5.74, 6) is 1.69. The number of nitrogens with zero attached hydrogens (tertiary/aromatic N) is 4. The summed E-state index contributed by atoms with van der Waals surface area (Å²) in [6, 6.07) is 16.2. The number of amides is 1. The molecule has 2 aromatic carbocycles. The van der Waals surface area contributed by atoms with Gasteiger partial charge in [-0.3, -0.25) is 4.79 Å². The fourth-order valence-electron chi connectivity index (χ4n) is 4.15. The smallest absolute Gasteiger partial charge is 0.260 e. The number of aryl methyl sites for hydroxylation is 2. The summed E-state index contributed by atoms with van der Waals surface area (Å²) < 4.78 is 5.76. The normalized spacial score (nSPS) is 16.1. The van der Waals surface area contributed by atoms with Gasteiger partial charge in [-0.2, -0.15) is 5.10 Å². The third-order valence-corrected chi connectivity index (χ3v) is 5.85. The van der Waals surface area contributed by atoms with E-state index in [1.165, 1.54) is 12.0 Å². The number of hydrogen-bond donors (Lipinski definition) is 0. The molecule has 1 saturated heterocycles. The van der Waals surface area contributed by atoms with Gasteiger partial charge < -0.3 is 14.5 Å². The highest BCUT2D eigenvalue weighted by molar-refractivity contribution is 5.84. The fourth-order valence-corrected chi connectivity index (χ4v) is 4.15. The predicted molar refractivity (Wildman–Crippen MR) is 112 cm³/mol. The molecule has 1 aliphatic carbocycles. The molecule has 29 heavy (non-hydrogen) atoms. The molecule has 1 aromatic heterocycles. The molecule has 6 heteroatoms. The van der Waals surface area contributed by atoms with Gasteiger partial charge in [-0.1, -0.05) is 30.3 Å². The predicted octanol–water partition coefficient (Wildman–Crippen LogP) is 2.85. The Kier molecular flexibility index (Phi) is 4.76. The summed E-state index contributed by atoms with van der Waals surface area (Å²) >= 11 is 0. The topological polar surface area (TPSA) is 58.6 Å². The number of aromatic nitrogens is 2. The quantitative estimate of drug-likeness (QED) is 0.688. The number of fused-ring (bicyclic) bond motifs is 2. The lowest BCUT2D eigenvalue weighted by Crippen LogP contribution is -2.50. The van der Waals surface area contributed by atoms with E-state index in [0.717, 1.165) is 54.0 Å². The number of rotatable bonds is 4. The van der Waals surface area contributed by atoms with Crippen LogP contribution in [0.25, 0.3) is 10.8 Å². The fraction of sp³-hybridized carbons (Fsp3) is 0.348. The average Bonchev–Trinajstić information content (AvgIpc) is 3.25. The number of piperazine rings is 1. The van der Waals surface area contributed by atoms with Crippen molar-refractivity contribution in [1.82, 2.24) is 15.1 Å². The summed E-state index contributed by atoms with van der Waals surface area (Å²) in [6.07, 6.45) is 3.32. The SMILES string of the molecule is O=C(COc1ccc2ccccc2c1)N1CCN(c2cc3c(nn2)CCC3)CC1. The van der Waals surface area contributed by atoms with Crippen LogP contribution in [-0.2, 0) is 17.6 Å². The molecule has 148 valence electrons. The van der Waals surface area contributed by atoms with Gasteiger partial charge in [0.1, 0.15) is 5.75 Å². The molecular weight excluding hydrogens is 364 g/mol. The Morgan fingerprint density at radius 1 is 0.931 bits per heavy atom. The summed E-state index contributed by atoms with van der Waals surface area (Å²) in [7, 11) is 0. The molecule has 5 rings (SSSR count). The van der Waals surface area contributed by atoms with Gasteiger partial charge in [0.15, 0.2) is 12.4 Å². The second kappa shape index (κ2) is 7.70. The van der Waals surface area contributed by atoms with E-state index in [-0.39, 0.29) is 12.5 Å². The largest absolute Gasteiger partial charge is 0.484 e. The van der Waals surface area contributed by atoms with Crippen molar-refractivity contribution in [3.8, 4) is 5.75 Å². The van der Waals surface area contributed by atoms with Gasteiger partial charge in [0.05, 0.1) is 5.69 Å².